The van der Waals surface area contributed by atoms with Crippen molar-refractivity contribution in [3.63, 3.8) is 0 Å². The van der Waals surface area contributed by atoms with Gasteiger partial charge in [-0.2, -0.15) is 9.40 Å². The minimum atomic E-state index is -3.50. The highest BCUT2D eigenvalue weighted by Crippen LogP contribution is 2.41. The predicted octanol–water partition coefficient (Wildman–Crippen LogP) is 1.71. The van der Waals surface area contributed by atoms with Gasteiger partial charge in [-0.3, -0.25) is 9.48 Å². The molecule has 2 saturated heterocycles. The molecule has 2 aliphatic heterocycles. The Labute approximate surface area is 150 Å². The first-order valence-corrected chi connectivity index (χ1v) is 10.7. The Balaban J connectivity index is 1.71. The third-order valence-corrected chi connectivity index (χ3v) is 7.55. The van der Waals surface area contributed by atoms with Gasteiger partial charge < -0.3 is 4.90 Å². The highest BCUT2D eigenvalue weighted by molar-refractivity contribution is 7.89. The lowest BCUT2D eigenvalue weighted by Gasteiger charge is -2.46. The topological polar surface area (TPSA) is 75.5 Å². The van der Waals surface area contributed by atoms with E-state index in [0.717, 1.165) is 38.8 Å². The van der Waals surface area contributed by atoms with Crippen LogP contribution in [0.25, 0.3) is 0 Å². The summed E-state index contributed by atoms with van der Waals surface area (Å²) in [4.78, 5) is 13.9. The first-order valence-electron chi connectivity index (χ1n) is 9.21. The minimum absolute atomic E-state index is 0.0829. The van der Waals surface area contributed by atoms with Crippen LogP contribution in [-0.4, -0.2) is 59.5 Å². The zero-order valence-electron chi connectivity index (χ0n) is 15.1. The Kier molecular flexibility index (Phi) is 5.20. The summed E-state index contributed by atoms with van der Waals surface area (Å²) in [6, 6.07) is 1.59. The normalized spacial score (nSPS) is 21.8. The lowest BCUT2D eigenvalue weighted by molar-refractivity contribution is -0.138. The van der Waals surface area contributed by atoms with Gasteiger partial charge in [0, 0.05) is 39.1 Å². The van der Waals surface area contributed by atoms with E-state index < -0.39 is 10.0 Å². The van der Waals surface area contributed by atoms with Gasteiger partial charge in [-0.15, -0.1) is 0 Å². The number of sulfonamides is 1. The molecule has 0 saturated carbocycles. The lowest BCUT2D eigenvalue weighted by atomic mass is 9.73. The van der Waals surface area contributed by atoms with Crippen LogP contribution in [0.15, 0.2) is 17.3 Å². The molecule has 25 heavy (non-hydrogen) atoms. The molecule has 1 aromatic rings. The molecule has 0 bridgehead atoms. The summed E-state index contributed by atoms with van der Waals surface area (Å²) in [6.45, 7) is 7.16. The predicted molar refractivity (Wildman–Crippen MR) is 94.4 cm³/mol. The van der Waals surface area contributed by atoms with Gasteiger partial charge in [0.15, 0.2) is 5.03 Å². The molecule has 0 radical (unpaired) electrons. The van der Waals surface area contributed by atoms with Crippen molar-refractivity contribution < 1.29 is 13.2 Å². The molecule has 1 aromatic heterocycles. The number of nitrogens with zero attached hydrogens (tertiary/aromatic N) is 4. The van der Waals surface area contributed by atoms with Crippen LogP contribution in [0, 0.1) is 5.41 Å². The monoisotopic (exact) mass is 368 g/mol. The maximum Gasteiger partial charge on any atom is 0.260 e. The van der Waals surface area contributed by atoms with Crippen molar-refractivity contribution in [1.29, 1.82) is 0 Å². The smallest absolute Gasteiger partial charge is 0.260 e. The molecule has 0 aliphatic carbocycles. The Morgan fingerprint density at radius 3 is 2.56 bits per heavy atom. The molecular formula is C17H28N4O3S. The first kappa shape index (κ1) is 18.4. The largest absolute Gasteiger partial charge is 0.342 e. The molecule has 140 valence electrons. The Hall–Kier alpha value is -1.41. The fourth-order valence-corrected chi connectivity index (χ4v) is 5.62. The molecule has 7 nitrogen and oxygen atoms in total. The molecule has 1 spiro atoms. The average Bonchev–Trinajstić information content (AvgIpc) is 3.07. The molecule has 0 unspecified atom stereocenters. The minimum Gasteiger partial charge on any atom is -0.342 e. The van der Waals surface area contributed by atoms with E-state index in [1.54, 1.807) is 21.3 Å². The van der Waals surface area contributed by atoms with Crippen molar-refractivity contribution in [3.8, 4) is 0 Å². The van der Waals surface area contributed by atoms with Crippen molar-refractivity contribution in [3.05, 3.63) is 12.3 Å². The Bertz CT molecular complexity index is 720. The molecule has 0 atom stereocenters. The van der Waals surface area contributed by atoms with Crippen LogP contribution in [0.3, 0.4) is 0 Å². The van der Waals surface area contributed by atoms with E-state index in [4.69, 9.17) is 0 Å². The van der Waals surface area contributed by atoms with E-state index in [1.807, 2.05) is 18.7 Å². The number of aromatic nitrogens is 2. The van der Waals surface area contributed by atoms with Crippen LogP contribution >= 0.6 is 0 Å². The number of carbonyl (C=O) groups excluding carboxylic acids is 1. The number of rotatable bonds is 5. The number of amides is 1. The maximum atomic E-state index is 13.0. The fourth-order valence-electron chi connectivity index (χ4n) is 4.05. The second-order valence-corrected chi connectivity index (χ2v) is 9.09. The van der Waals surface area contributed by atoms with Crippen LogP contribution in [-0.2, 0) is 21.4 Å². The molecule has 2 fully saturated rings. The molecule has 1 amide bonds. The number of aryl methyl sites for hydroxylation is 1. The van der Waals surface area contributed by atoms with Crippen molar-refractivity contribution in [2.24, 2.45) is 5.41 Å². The van der Waals surface area contributed by atoms with Gasteiger partial charge in [0.1, 0.15) is 0 Å². The van der Waals surface area contributed by atoms with Gasteiger partial charge in [0.2, 0.25) is 5.91 Å². The van der Waals surface area contributed by atoms with Crippen LogP contribution in [0.5, 0.6) is 0 Å². The second kappa shape index (κ2) is 7.07. The highest BCUT2D eigenvalue weighted by Gasteiger charge is 2.43. The van der Waals surface area contributed by atoms with Crippen molar-refractivity contribution in [2.45, 2.75) is 57.5 Å². The summed E-state index contributed by atoms with van der Waals surface area (Å²) in [5.41, 5.74) is 0.0829. The molecule has 3 rings (SSSR count). The van der Waals surface area contributed by atoms with Crippen LogP contribution in [0.2, 0.25) is 0 Å². The van der Waals surface area contributed by atoms with Gasteiger partial charge in [-0.1, -0.05) is 6.92 Å². The molecule has 0 aromatic carbocycles. The SMILES string of the molecule is CCCn1nccc1S(=O)(=O)N1CCC2(CCC(=O)N(CC)C2)CC1. The standard InChI is InChI=1S/C17H28N4O3S/c1-3-11-21-16(6-10-18-21)25(23,24)20-12-8-17(9-13-20)7-5-15(22)19(4-2)14-17/h6,10H,3-5,7-9,11-14H2,1-2H3. The summed E-state index contributed by atoms with van der Waals surface area (Å²) in [6.07, 6.45) is 5.50. The van der Waals surface area contributed by atoms with Crippen LogP contribution < -0.4 is 0 Å². The summed E-state index contributed by atoms with van der Waals surface area (Å²) in [5, 5.41) is 4.44. The summed E-state index contributed by atoms with van der Waals surface area (Å²) < 4.78 is 29.1. The molecular weight excluding hydrogens is 340 g/mol. The van der Waals surface area contributed by atoms with Gasteiger partial charge in [0.25, 0.3) is 10.0 Å². The maximum absolute atomic E-state index is 13.0. The van der Waals surface area contributed by atoms with E-state index in [0.29, 0.717) is 31.1 Å². The van der Waals surface area contributed by atoms with E-state index in [9.17, 15) is 13.2 Å². The fraction of sp³-hybridized carbons (Fsp3) is 0.765. The zero-order chi connectivity index (χ0) is 18.1. The van der Waals surface area contributed by atoms with E-state index >= 15 is 0 Å². The van der Waals surface area contributed by atoms with Gasteiger partial charge >= 0.3 is 0 Å². The first-order chi connectivity index (χ1) is 11.9. The summed E-state index contributed by atoms with van der Waals surface area (Å²) in [5.74, 6) is 0.228. The quantitative estimate of drug-likeness (QED) is 0.793. The average molecular weight is 369 g/mol. The van der Waals surface area contributed by atoms with Gasteiger partial charge in [0.05, 0.1) is 6.20 Å². The Morgan fingerprint density at radius 2 is 1.92 bits per heavy atom. The molecule has 8 heteroatoms. The van der Waals surface area contributed by atoms with Crippen molar-refractivity contribution >= 4 is 15.9 Å². The van der Waals surface area contributed by atoms with Crippen LogP contribution in [0.1, 0.15) is 46.0 Å². The number of piperidine rings is 2. The third kappa shape index (κ3) is 3.46. The number of hydrogen-bond acceptors (Lipinski definition) is 4. The molecule has 2 aliphatic rings. The van der Waals surface area contributed by atoms with Crippen LogP contribution in [0.4, 0.5) is 0 Å². The zero-order valence-corrected chi connectivity index (χ0v) is 16.0. The molecule has 3 heterocycles. The van der Waals surface area contributed by atoms with Crippen molar-refractivity contribution in [2.75, 3.05) is 26.2 Å². The number of carbonyl (C=O) groups is 1. The second-order valence-electron chi connectivity index (χ2n) is 7.20. The van der Waals surface area contributed by atoms with E-state index in [-0.39, 0.29) is 11.3 Å². The Morgan fingerprint density at radius 1 is 1.20 bits per heavy atom. The van der Waals surface area contributed by atoms with Gasteiger partial charge in [-0.05, 0) is 44.1 Å². The van der Waals surface area contributed by atoms with Crippen molar-refractivity contribution in [1.82, 2.24) is 19.0 Å². The summed E-state index contributed by atoms with van der Waals surface area (Å²) >= 11 is 0. The molecule has 0 N–H and O–H groups in total. The number of hydrogen-bond donors (Lipinski definition) is 0. The van der Waals surface area contributed by atoms with Gasteiger partial charge in [-0.25, -0.2) is 8.42 Å². The van der Waals surface area contributed by atoms with E-state index in [1.165, 1.54) is 0 Å². The van der Waals surface area contributed by atoms with E-state index in [2.05, 4.69) is 5.10 Å². The summed E-state index contributed by atoms with van der Waals surface area (Å²) in [7, 11) is -3.50. The lowest BCUT2D eigenvalue weighted by Crippen LogP contribution is -2.52. The number of likely N-dealkylation sites (tertiary alicyclic amines) is 1. The third-order valence-electron chi connectivity index (χ3n) is 5.63. The highest BCUT2D eigenvalue weighted by atomic mass is 32.2.